The van der Waals surface area contributed by atoms with Crippen molar-refractivity contribution < 1.29 is 8.42 Å². The Bertz CT molecular complexity index is 340. The van der Waals surface area contributed by atoms with Crippen molar-refractivity contribution in [2.75, 3.05) is 32.4 Å². The van der Waals surface area contributed by atoms with Crippen LogP contribution in [0.2, 0.25) is 0 Å². The Morgan fingerprint density at radius 2 is 2.06 bits per heavy atom. The van der Waals surface area contributed by atoms with Crippen LogP contribution in [-0.4, -0.2) is 45.2 Å². The number of hydrogen-bond donors (Lipinski definition) is 1. The van der Waals surface area contributed by atoms with Gasteiger partial charge in [-0.1, -0.05) is 0 Å². The smallest absolute Gasteiger partial charge is 0.227 e. The molecule has 1 aliphatic rings. The van der Waals surface area contributed by atoms with Crippen molar-refractivity contribution in [3.05, 3.63) is 0 Å². The summed E-state index contributed by atoms with van der Waals surface area (Å²) in [5.74, 6) is 0.217. The number of nitrogens with zero attached hydrogens (tertiary/aromatic N) is 2. The zero-order valence-electron chi connectivity index (χ0n) is 9.65. The van der Waals surface area contributed by atoms with Crippen LogP contribution in [0.3, 0.4) is 0 Å². The quantitative estimate of drug-likeness (QED) is 0.749. The van der Waals surface area contributed by atoms with E-state index in [9.17, 15) is 8.42 Å². The minimum atomic E-state index is -3.32. The molecule has 1 saturated heterocycles. The molecule has 0 unspecified atom stereocenters. The Balaban J connectivity index is 2.40. The largest absolute Gasteiger partial charge is 0.320 e. The van der Waals surface area contributed by atoms with Crippen molar-refractivity contribution in [3.63, 3.8) is 0 Å². The molecule has 16 heavy (non-hydrogen) atoms. The van der Waals surface area contributed by atoms with E-state index >= 15 is 0 Å². The van der Waals surface area contributed by atoms with Gasteiger partial charge in [0.15, 0.2) is 5.75 Å². The molecular formula is C10H19N3O2S. The van der Waals surface area contributed by atoms with Gasteiger partial charge in [-0.3, -0.25) is 0 Å². The first kappa shape index (κ1) is 13.4. The van der Waals surface area contributed by atoms with Crippen LogP contribution in [0, 0.1) is 17.2 Å². The van der Waals surface area contributed by atoms with Gasteiger partial charge in [-0.15, -0.1) is 0 Å². The molecular weight excluding hydrogens is 226 g/mol. The molecule has 92 valence electrons. The van der Waals surface area contributed by atoms with Gasteiger partial charge in [-0.2, -0.15) is 5.26 Å². The molecule has 5 nitrogen and oxygen atoms in total. The Kier molecular flexibility index (Phi) is 5.19. The maximum atomic E-state index is 11.6. The molecule has 0 radical (unpaired) electrons. The number of rotatable bonds is 5. The molecule has 0 aromatic heterocycles. The normalized spacial score (nSPS) is 19.5. The van der Waals surface area contributed by atoms with Gasteiger partial charge in [0.2, 0.25) is 10.0 Å². The monoisotopic (exact) mass is 245 g/mol. The minimum absolute atomic E-state index is 0.395. The summed E-state index contributed by atoms with van der Waals surface area (Å²) >= 11 is 0. The Morgan fingerprint density at radius 1 is 1.44 bits per heavy atom. The molecule has 0 bridgehead atoms. The van der Waals surface area contributed by atoms with Gasteiger partial charge in [0.1, 0.15) is 0 Å². The maximum absolute atomic E-state index is 11.6. The highest BCUT2D eigenvalue weighted by molar-refractivity contribution is 7.89. The van der Waals surface area contributed by atoms with Crippen LogP contribution >= 0.6 is 0 Å². The Morgan fingerprint density at radius 3 is 2.56 bits per heavy atom. The van der Waals surface area contributed by atoms with Crippen LogP contribution < -0.4 is 5.32 Å². The first-order valence-electron chi connectivity index (χ1n) is 5.59. The summed E-state index contributed by atoms with van der Waals surface area (Å²) in [4.78, 5) is 0. The van der Waals surface area contributed by atoms with E-state index in [1.807, 2.05) is 7.05 Å². The lowest BCUT2D eigenvalue weighted by atomic mass is 9.95. The van der Waals surface area contributed by atoms with E-state index in [0.717, 1.165) is 25.8 Å². The summed E-state index contributed by atoms with van der Waals surface area (Å²) in [6, 6.07) is 1.71. The second-order valence-electron chi connectivity index (χ2n) is 4.15. The van der Waals surface area contributed by atoms with Crippen LogP contribution in [0.5, 0.6) is 0 Å². The molecule has 1 N–H and O–H groups in total. The van der Waals surface area contributed by atoms with Crippen molar-refractivity contribution in [2.24, 2.45) is 5.92 Å². The lowest BCUT2D eigenvalue weighted by Gasteiger charge is -2.30. The molecule has 0 aromatic carbocycles. The van der Waals surface area contributed by atoms with Crippen LogP contribution in [-0.2, 0) is 10.0 Å². The van der Waals surface area contributed by atoms with Gasteiger partial charge in [0, 0.05) is 13.1 Å². The third-order valence-electron chi connectivity index (χ3n) is 3.02. The summed E-state index contributed by atoms with van der Waals surface area (Å²) in [6.07, 6.45) is 2.92. The van der Waals surface area contributed by atoms with Gasteiger partial charge in [-0.25, -0.2) is 12.7 Å². The summed E-state index contributed by atoms with van der Waals surface area (Å²) in [6.45, 7) is 2.12. The average molecular weight is 245 g/mol. The number of hydrogen-bond acceptors (Lipinski definition) is 4. The standard InChI is InChI=1S/C10H19N3O2S/c1-12-6-2-10-3-7-13(8-4-10)16(14,15)9-5-11/h10,12H,2-4,6-9H2,1H3. The van der Waals surface area contributed by atoms with E-state index in [0.29, 0.717) is 19.0 Å². The van der Waals surface area contributed by atoms with E-state index < -0.39 is 15.8 Å². The highest BCUT2D eigenvalue weighted by Gasteiger charge is 2.27. The van der Waals surface area contributed by atoms with E-state index in [4.69, 9.17) is 5.26 Å². The van der Waals surface area contributed by atoms with Gasteiger partial charge in [0.05, 0.1) is 6.07 Å². The van der Waals surface area contributed by atoms with Gasteiger partial charge in [-0.05, 0) is 38.8 Å². The number of nitrogens with one attached hydrogen (secondary N) is 1. The SMILES string of the molecule is CNCCC1CCN(S(=O)(=O)CC#N)CC1. The second-order valence-corrected chi connectivity index (χ2v) is 6.12. The molecule has 0 aliphatic carbocycles. The van der Waals surface area contributed by atoms with Crippen LogP contribution in [0.25, 0.3) is 0 Å². The molecule has 1 fully saturated rings. The molecule has 1 heterocycles. The highest BCUT2D eigenvalue weighted by atomic mass is 32.2. The fourth-order valence-electron chi connectivity index (χ4n) is 2.00. The fourth-order valence-corrected chi connectivity index (χ4v) is 3.11. The van der Waals surface area contributed by atoms with Crippen molar-refractivity contribution in [1.82, 2.24) is 9.62 Å². The molecule has 0 saturated carbocycles. The van der Waals surface area contributed by atoms with Crippen molar-refractivity contribution >= 4 is 10.0 Å². The summed E-state index contributed by atoms with van der Waals surface area (Å²) in [5.41, 5.74) is 0. The minimum Gasteiger partial charge on any atom is -0.320 e. The first-order chi connectivity index (χ1) is 7.60. The number of nitriles is 1. The summed E-state index contributed by atoms with van der Waals surface area (Å²) < 4.78 is 24.6. The molecule has 0 amide bonds. The van der Waals surface area contributed by atoms with Crippen LogP contribution in [0.15, 0.2) is 0 Å². The van der Waals surface area contributed by atoms with E-state index in [1.54, 1.807) is 6.07 Å². The predicted molar refractivity (Wildman–Crippen MR) is 62.2 cm³/mol. The van der Waals surface area contributed by atoms with Gasteiger partial charge < -0.3 is 5.32 Å². The second kappa shape index (κ2) is 6.18. The summed E-state index contributed by atoms with van der Waals surface area (Å²) in [5, 5.41) is 11.5. The van der Waals surface area contributed by atoms with Crippen molar-refractivity contribution in [1.29, 1.82) is 5.26 Å². The molecule has 0 atom stereocenters. The summed E-state index contributed by atoms with van der Waals surface area (Å²) in [7, 11) is -1.40. The Labute approximate surface area is 97.5 Å². The molecule has 1 aliphatic heterocycles. The van der Waals surface area contributed by atoms with Crippen molar-refractivity contribution in [3.8, 4) is 6.07 Å². The van der Waals surface area contributed by atoms with Gasteiger partial charge >= 0.3 is 0 Å². The molecule has 0 spiro atoms. The van der Waals surface area contributed by atoms with Crippen LogP contribution in [0.1, 0.15) is 19.3 Å². The fraction of sp³-hybridized carbons (Fsp3) is 0.900. The lowest BCUT2D eigenvalue weighted by molar-refractivity contribution is 0.263. The number of piperidine rings is 1. The van der Waals surface area contributed by atoms with E-state index in [2.05, 4.69) is 5.32 Å². The molecule has 6 heteroatoms. The average Bonchev–Trinajstić information content (AvgIpc) is 2.27. The third kappa shape index (κ3) is 3.74. The number of sulfonamides is 1. The zero-order valence-corrected chi connectivity index (χ0v) is 10.5. The van der Waals surface area contributed by atoms with Gasteiger partial charge in [0.25, 0.3) is 0 Å². The van der Waals surface area contributed by atoms with Crippen molar-refractivity contribution in [2.45, 2.75) is 19.3 Å². The molecule has 1 rings (SSSR count). The van der Waals surface area contributed by atoms with E-state index in [1.165, 1.54) is 4.31 Å². The third-order valence-corrected chi connectivity index (χ3v) is 4.66. The molecule has 0 aromatic rings. The Hall–Kier alpha value is -0.640. The van der Waals surface area contributed by atoms with E-state index in [-0.39, 0.29) is 0 Å². The highest BCUT2D eigenvalue weighted by Crippen LogP contribution is 2.21. The maximum Gasteiger partial charge on any atom is 0.227 e. The van der Waals surface area contributed by atoms with Crippen LogP contribution in [0.4, 0.5) is 0 Å². The lowest BCUT2D eigenvalue weighted by Crippen LogP contribution is -2.39. The predicted octanol–water partition coefficient (Wildman–Crippen LogP) is 0.161. The topological polar surface area (TPSA) is 73.2 Å². The first-order valence-corrected chi connectivity index (χ1v) is 7.20. The zero-order chi connectivity index (χ0) is 12.0.